The van der Waals surface area contributed by atoms with Gasteiger partial charge in [-0.1, -0.05) is 29.8 Å². The number of nitrogens with one attached hydrogen (secondary N) is 1. The van der Waals surface area contributed by atoms with Gasteiger partial charge in [0.1, 0.15) is 5.82 Å². The summed E-state index contributed by atoms with van der Waals surface area (Å²) >= 11 is 0. The molecule has 0 fully saturated rings. The van der Waals surface area contributed by atoms with Crippen LogP contribution >= 0.6 is 0 Å². The maximum absolute atomic E-state index is 9.64. The highest BCUT2D eigenvalue weighted by atomic mass is 16.3. The molecule has 0 saturated heterocycles. The normalized spacial score (nSPS) is 18.7. The van der Waals surface area contributed by atoms with Crippen LogP contribution in [0, 0.1) is 6.92 Å². The van der Waals surface area contributed by atoms with Crippen LogP contribution in [0.15, 0.2) is 24.3 Å². The Kier molecular flexibility index (Phi) is 2.92. The van der Waals surface area contributed by atoms with Crippen molar-refractivity contribution in [3.63, 3.8) is 0 Å². The molecule has 1 aromatic heterocycles. The Balaban J connectivity index is 1.79. The Morgan fingerprint density at radius 1 is 1.33 bits per heavy atom. The number of benzene rings is 1. The minimum absolute atomic E-state index is 0.204. The summed E-state index contributed by atoms with van der Waals surface area (Å²) in [4.78, 5) is 7.99. The van der Waals surface area contributed by atoms with Crippen LogP contribution in [0.4, 0.5) is 0 Å². The van der Waals surface area contributed by atoms with Crippen LogP contribution in [0.2, 0.25) is 0 Å². The quantitative estimate of drug-likeness (QED) is 0.847. The minimum Gasteiger partial charge on any atom is -0.393 e. The molecule has 3 rings (SSSR count). The Labute approximate surface area is 107 Å². The van der Waals surface area contributed by atoms with Gasteiger partial charge in [0.05, 0.1) is 11.8 Å². The maximum atomic E-state index is 9.64. The SMILES string of the molecule is Cc1ccc(Cc2nc3c([nH]2)CC(O)CC3)cc1. The number of aliphatic hydroxyl groups is 1. The predicted molar refractivity (Wildman–Crippen MR) is 70.6 cm³/mol. The van der Waals surface area contributed by atoms with Gasteiger partial charge in [0.15, 0.2) is 0 Å². The molecule has 18 heavy (non-hydrogen) atoms. The zero-order valence-corrected chi connectivity index (χ0v) is 10.6. The fraction of sp³-hybridized carbons (Fsp3) is 0.400. The third-order valence-corrected chi connectivity index (χ3v) is 3.56. The minimum atomic E-state index is -0.204. The molecule has 0 radical (unpaired) electrons. The average Bonchev–Trinajstić information content (AvgIpc) is 2.73. The molecule has 0 spiro atoms. The van der Waals surface area contributed by atoms with Crippen LogP contribution in [-0.2, 0) is 19.3 Å². The van der Waals surface area contributed by atoms with E-state index >= 15 is 0 Å². The van der Waals surface area contributed by atoms with E-state index in [4.69, 9.17) is 0 Å². The van der Waals surface area contributed by atoms with E-state index in [0.29, 0.717) is 0 Å². The van der Waals surface area contributed by atoms with Gasteiger partial charge in [0.25, 0.3) is 0 Å². The summed E-state index contributed by atoms with van der Waals surface area (Å²) in [5.41, 5.74) is 4.81. The van der Waals surface area contributed by atoms with Crippen molar-refractivity contribution in [3.05, 3.63) is 52.6 Å². The first-order valence-corrected chi connectivity index (χ1v) is 6.51. The molecule has 2 aromatic rings. The van der Waals surface area contributed by atoms with Gasteiger partial charge in [0.2, 0.25) is 0 Å². The number of imidazole rings is 1. The summed E-state index contributed by atoms with van der Waals surface area (Å²) in [6.07, 6.45) is 3.08. The number of fused-ring (bicyclic) bond motifs is 1. The first kappa shape index (κ1) is 11.5. The number of rotatable bonds is 2. The van der Waals surface area contributed by atoms with E-state index in [1.807, 2.05) is 0 Å². The Morgan fingerprint density at radius 3 is 2.89 bits per heavy atom. The summed E-state index contributed by atoms with van der Waals surface area (Å²) in [6, 6.07) is 8.54. The van der Waals surface area contributed by atoms with Crippen molar-refractivity contribution < 1.29 is 5.11 Å². The molecule has 1 unspecified atom stereocenters. The fourth-order valence-corrected chi connectivity index (χ4v) is 2.50. The molecular weight excluding hydrogens is 224 g/mol. The monoisotopic (exact) mass is 242 g/mol. The van der Waals surface area contributed by atoms with Crippen molar-refractivity contribution >= 4 is 0 Å². The molecule has 0 amide bonds. The Bertz CT molecular complexity index is 542. The van der Waals surface area contributed by atoms with Crippen LogP contribution in [0.1, 0.15) is 34.8 Å². The zero-order chi connectivity index (χ0) is 12.5. The van der Waals surface area contributed by atoms with Gasteiger partial charge in [-0.05, 0) is 25.3 Å². The van der Waals surface area contributed by atoms with Crippen molar-refractivity contribution in [1.29, 1.82) is 0 Å². The molecule has 1 aliphatic rings. The first-order valence-electron chi connectivity index (χ1n) is 6.51. The first-order chi connectivity index (χ1) is 8.70. The third-order valence-electron chi connectivity index (χ3n) is 3.56. The number of aryl methyl sites for hydroxylation is 2. The second-order valence-electron chi connectivity index (χ2n) is 5.17. The van der Waals surface area contributed by atoms with E-state index in [0.717, 1.165) is 42.9 Å². The molecule has 1 atom stereocenters. The Hall–Kier alpha value is -1.61. The number of aromatic amines is 1. The largest absolute Gasteiger partial charge is 0.393 e. The number of hydrogen-bond donors (Lipinski definition) is 2. The van der Waals surface area contributed by atoms with Gasteiger partial charge >= 0.3 is 0 Å². The molecule has 1 aromatic carbocycles. The lowest BCUT2D eigenvalue weighted by molar-refractivity contribution is 0.157. The molecule has 0 bridgehead atoms. The van der Waals surface area contributed by atoms with Crippen LogP contribution in [0.3, 0.4) is 0 Å². The fourth-order valence-electron chi connectivity index (χ4n) is 2.50. The average molecular weight is 242 g/mol. The van der Waals surface area contributed by atoms with Crippen LogP contribution in [0.5, 0.6) is 0 Å². The van der Waals surface area contributed by atoms with E-state index in [1.165, 1.54) is 11.1 Å². The van der Waals surface area contributed by atoms with Crippen LogP contribution < -0.4 is 0 Å². The lowest BCUT2D eigenvalue weighted by atomic mass is 9.99. The molecule has 0 saturated carbocycles. The van der Waals surface area contributed by atoms with E-state index in [1.54, 1.807) is 0 Å². The van der Waals surface area contributed by atoms with Crippen LogP contribution in [-0.4, -0.2) is 21.2 Å². The van der Waals surface area contributed by atoms with Gasteiger partial charge in [-0.2, -0.15) is 0 Å². The van der Waals surface area contributed by atoms with E-state index < -0.39 is 0 Å². The summed E-state index contributed by atoms with van der Waals surface area (Å²) in [7, 11) is 0. The van der Waals surface area contributed by atoms with Gasteiger partial charge in [-0.3, -0.25) is 0 Å². The predicted octanol–water partition coefficient (Wildman–Crippen LogP) is 2.16. The molecule has 0 aliphatic heterocycles. The summed E-state index contributed by atoms with van der Waals surface area (Å²) in [6.45, 7) is 2.09. The highest BCUT2D eigenvalue weighted by Crippen LogP contribution is 2.20. The Morgan fingerprint density at radius 2 is 2.11 bits per heavy atom. The summed E-state index contributed by atoms with van der Waals surface area (Å²) in [5.74, 6) is 1.01. The van der Waals surface area contributed by atoms with Gasteiger partial charge < -0.3 is 10.1 Å². The lowest BCUT2D eigenvalue weighted by Gasteiger charge is -2.14. The van der Waals surface area contributed by atoms with Crippen molar-refractivity contribution in [3.8, 4) is 0 Å². The topological polar surface area (TPSA) is 48.9 Å². The smallest absolute Gasteiger partial charge is 0.110 e. The van der Waals surface area contributed by atoms with Crippen molar-refractivity contribution in [2.75, 3.05) is 0 Å². The van der Waals surface area contributed by atoms with Crippen LogP contribution in [0.25, 0.3) is 0 Å². The molecular formula is C15H18N2O. The number of hydrogen-bond acceptors (Lipinski definition) is 2. The van der Waals surface area contributed by atoms with Crippen molar-refractivity contribution in [2.45, 2.75) is 38.7 Å². The summed E-state index contributed by atoms with van der Waals surface area (Å²) in [5, 5.41) is 9.64. The molecule has 1 heterocycles. The molecule has 2 N–H and O–H groups in total. The number of nitrogens with zero attached hydrogens (tertiary/aromatic N) is 1. The molecule has 94 valence electrons. The van der Waals surface area contributed by atoms with E-state index in [-0.39, 0.29) is 6.10 Å². The highest BCUT2D eigenvalue weighted by molar-refractivity contribution is 5.26. The standard InChI is InChI=1S/C15H18N2O/c1-10-2-4-11(5-3-10)8-15-16-13-7-6-12(18)9-14(13)17-15/h2-5,12,18H,6-9H2,1H3,(H,16,17). The van der Waals surface area contributed by atoms with Gasteiger partial charge in [0, 0.05) is 18.5 Å². The van der Waals surface area contributed by atoms with Crippen molar-refractivity contribution in [2.24, 2.45) is 0 Å². The zero-order valence-electron chi connectivity index (χ0n) is 10.6. The van der Waals surface area contributed by atoms with Gasteiger partial charge in [-0.25, -0.2) is 4.98 Å². The summed E-state index contributed by atoms with van der Waals surface area (Å²) < 4.78 is 0. The lowest BCUT2D eigenvalue weighted by Crippen LogP contribution is -2.18. The maximum Gasteiger partial charge on any atom is 0.110 e. The molecule has 3 heteroatoms. The molecule has 3 nitrogen and oxygen atoms in total. The number of H-pyrrole nitrogens is 1. The second-order valence-corrected chi connectivity index (χ2v) is 5.17. The third kappa shape index (κ3) is 2.31. The van der Waals surface area contributed by atoms with E-state index in [9.17, 15) is 5.11 Å². The highest BCUT2D eigenvalue weighted by Gasteiger charge is 2.20. The molecule has 1 aliphatic carbocycles. The van der Waals surface area contributed by atoms with E-state index in [2.05, 4.69) is 41.2 Å². The second kappa shape index (κ2) is 4.58. The van der Waals surface area contributed by atoms with Gasteiger partial charge in [-0.15, -0.1) is 0 Å². The number of aromatic nitrogens is 2. The van der Waals surface area contributed by atoms with Crippen molar-refractivity contribution in [1.82, 2.24) is 9.97 Å². The number of aliphatic hydroxyl groups excluding tert-OH is 1.